The summed E-state index contributed by atoms with van der Waals surface area (Å²) in [6.45, 7) is 5.94. The average Bonchev–Trinajstić information content (AvgIpc) is 3.44. The van der Waals surface area contributed by atoms with Crippen molar-refractivity contribution in [3.05, 3.63) is 54.3 Å². The maximum absolute atomic E-state index is 12.9. The van der Waals surface area contributed by atoms with Gasteiger partial charge in [0.1, 0.15) is 11.3 Å². The van der Waals surface area contributed by atoms with Crippen molar-refractivity contribution in [2.75, 3.05) is 24.6 Å². The Morgan fingerprint density at radius 3 is 2.78 bits per heavy atom. The van der Waals surface area contributed by atoms with Gasteiger partial charge in [-0.2, -0.15) is 4.98 Å². The summed E-state index contributed by atoms with van der Waals surface area (Å²) in [5, 5.41) is 4.09. The number of aromatic nitrogens is 1. The number of furan rings is 1. The molecule has 1 saturated heterocycles. The molecule has 166 valence electrons. The number of oxazole rings is 1. The van der Waals surface area contributed by atoms with Gasteiger partial charge in [0.15, 0.2) is 16.9 Å². The van der Waals surface area contributed by atoms with E-state index in [-0.39, 0.29) is 17.9 Å². The molecule has 1 aliphatic heterocycles. The normalized spacial score (nSPS) is 15.9. The van der Waals surface area contributed by atoms with Crippen molar-refractivity contribution in [3.8, 4) is 5.75 Å². The van der Waals surface area contributed by atoms with Crippen molar-refractivity contribution in [2.24, 2.45) is 5.92 Å². The number of carbonyl (C=O) groups is 1. The molecule has 7 nitrogen and oxygen atoms in total. The molecule has 0 spiro atoms. The Morgan fingerprint density at radius 1 is 1.19 bits per heavy atom. The number of hydrogen-bond donors (Lipinski definition) is 1. The largest absolute Gasteiger partial charge is 0.490 e. The van der Waals surface area contributed by atoms with E-state index in [0.717, 1.165) is 59.5 Å². The van der Waals surface area contributed by atoms with Gasteiger partial charge in [0.05, 0.1) is 12.6 Å². The maximum atomic E-state index is 12.9. The van der Waals surface area contributed by atoms with Gasteiger partial charge in [-0.1, -0.05) is 24.3 Å². The fraction of sp³-hybridized carbons (Fsp3) is 0.360. The highest BCUT2D eigenvalue weighted by molar-refractivity contribution is 5.84. The van der Waals surface area contributed by atoms with Crippen LogP contribution in [0.3, 0.4) is 0 Å². The van der Waals surface area contributed by atoms with Crippen LogP contribution < -0.4 is 15.0 Å². The van der Waals surface area contributed by atoms with Crippen LogP contribution in [0, 0.1) is 5.92 Å². The van der Waals surface area contributed by atoms with Gasteiger partial charge < -0.3 is 23.8 Å². The summed E-state index contributed by atoms with van der Waals surface area (Å²) in [5.74, 6) is 1.47. The minimum atomic E-state index is -0.223. The van der Waals surface area contributed by atoms with E-state index >= 15 is 0 Å². The Hall–Kier alpha value is -3.48. The third-order valence-electron chi connectivity index (χ3n) is 6.03. The van der Waals surface area contributed by atoms with Crippen molar-refractivity contribution in [1.29, 1.82) is 0 Å². The summed E-state index contributed by atoms with van der Waals surface area (Å²) in [7, 11) is 0. The molecule has 7 heteroatoms. The second-order valence-corrected chi connectivity index (χ2v) is 8.21. The van der Waals surface area contributed by atoms with E-state index in [0.29, 0.717) is 12.6 Å². The van der Waals surface area contributed by atoms with E-state index in [2.05, 4.69) is 15.2 Å². The first kappa shape index (κ1) is 20.4. The van der Waals surface area contributed by atoms with Gasteiger partial charge in [-0.3, -0.25) is 4.79 Å². The molecule has 1 atom stereocenters. The van der Waals surface area contributed by atoms with E-state index in [1.165, 1.54) is 0 Å². The van der Waals surface area contributed by atoms with Crippen LogP contribution >= 0.6 is 0 Å². The number of nitrogens with zero attached hydrogens (tertiary/aromatic N) is 2. The number of amides is 1. The van der Waals surface area contributed by atoms with Crippen LogP contribution in [-0.2, 0) is 4.79 Å². The lowest BCUT2D eigenvalue weighted by Gasteiger charge is -2.30. The molecule has 1 amide bonds. The van der Waals surface area contributed by atoms with Gasteiger partial charge in [0, 0.05) is 24.4 Å². The van der Waals surface area contributed by atoms with Crippen LogP contribution in [0.25, 0.3) is 22.1 Å². The number of fused-ring (bicyclic) bond motifs is 2. The quantitative estimate of drug-likeness (QED) is 0.457. The molecule has 0 aliphatic carbocycles. The first-order chi connectivity index (χ1) is 15.6. The van der Waals surface area contributed by atoms with Crippen molar-refractivity contribution in [3.63, 3.8) is 0 Å². The Labute approximate surface area is 186 Å². The van der Waals surface area contributed by atoms with Gasteiger partial charge in [-0.15, -0.1) is 0 Å². The Morgan fingerprint density at radius 2 is 2.00 bits per heavy atom. The lowest BCUT2D eigenvalue weighted by molar-refractivity contribution is -0.126. The molecule has 1 unspecified atom stereocenters. The van der Waals surface area contributed by atoms with Gasteiger partial charge in [-0.05, 0) is 51.0 Å². The molecule has 0 radical (unpaired) electrons. The Kier molecular flexibility index (Phi) is 5.47. The van der Waals surface area contributed by atoms with Crippen LogP contribution in [0.15, 0.2) is 57.4 Å². The number of hydrogen-bond acceptors (Lipinski definition) is 6. The zero-order chi connectivity index (χ0) is 22.1. The molecule has 32 heavy (non-hydrogen) atoms. The third-order valence-corrected chi connectivity index (χ3v) is 6.03. The second kappa shape index (κ2) is 8.57. The number of benzene rings is 2. The van der Waals surface area contributed by atoms with Gasteiger partial charge in [0.25, 0.3) is 6.01 Å². The molecule has 1 aliphatic rings. The van der Waals surface area contributed by atoms with E-state index in [1.807, 2.05) is 62.4 Å². The topological polar surface area (TPSA) is 80.7 Å². The van der Waals surface area contributed by atoms with E-state index in [9.17, 15) is 4.79 Å². The number of rotatable bonds is 6. The van der Waals surface area contributed by atoms with Gasteiger partial charge in [0.2, 0.25) is 5.91 Å². The number of piperidine rings is 1. The smallest absolute Gasteiger partial charge is 0.298 e. The summed E-state index contributed by atoms with van der Waals surface area (Å²) < 4.78 is 17.6. The first-order valence-electron chi connectivity index (χ1n) is 11.2. The first-order valence-corrected chi connectivity index (χ1v) is 11.2. The predicted octanol–water partition coefficient (Wildman–Crippen LogP) is 5.07. The molecule has 0 saturated carbocycles. The number of anilines is 1. The zero-order valence-corrected chi connectivity index (χ0v) is 18.3. The van der Waals surface area contributed by atoms with Gasteiger partial charge >= 0.3 is 0 Å². The Bertz CT molecular complexity index is 1200. The fourth-order valence-electron chi connectivity index (χ4n) is 4.27. The highest BCUT2D eigenvalue weighted by atomic mass is 16.5. The molecule has 5 rings (SSSR count). The maximum Gasteiger partial charge on any atom is 0.298 e. The molecule has 1 fully saturated rings. The van der Waals surface area contributed by atoms with Crippen molar-refractivity contribution < 1.29 is 18.4 Å². The lowest BCUT2D eigenvalue weighted by Crippen LogP contribution is -2.41. The van der Waals surface area contributed by atoms with E-state index in [4.69, 9.17) is 13.6 Å². The lowest BCUT2D eigenvalue weighted by atomic mass is 9.96. The van der Waals surface area contributed by atoms with Crippen molar-refractivity contribution >= 4 is 34.0 Å². The molecule has 2 aromatic carbocycles. The van der Waals surface area contributed by atoms with Crippen molar-refractivity contribution in [2.45, 2.75) is 32.7 Å². The SMILES string of the molecule is CCOc1cccc2cc(C(C)NC(=O)C3CCN(c4nc5ccccc5o4)CC3)oc12. The van der Waals surface area contributed by atoms with Crippen LogP contribution in [0.5, 0.6) is 5.75 Å². The zero-order valence-electron chi connectivity index (χ0n) is 18.3. The summed E-state index contributed by atoms with van der Waals surface area (Å²) in [4.78, 5) is 19.6. The monoisotopic (exact) mass is 433 g/mol. The van der Waals surface area contributed by atoms with Crippen LogP contribution in [0.1, 0.15) is 38.5 Å². The molecule has 3 heterocycles. The minimum Gasteiger partial charge on any atom is -0.490 e. The number of carbonyl (C=O) groups excluding carboxylic acids is 1. The molecule has 1 N–H and O–H groups in total. The standard InChI is InChI=1S/C25H27N3O4/c1-3-30-21-10-6-7-18-15-22(31-23(18)21)16(2)26-24(29)17-11-13-28(14-12-17)25-27-19-8-4-5-9-20(19)32-25/h4-10,15-17H,3,11-14H2,1-2H3,(H,26,29). The molecule has 4 aromatic rings. The van der Waals surface area contributed by atoms with Crippen LogP contribution in [-0.4, -0.2) is 30.6 Å². The molecular weight excluding hydrogens is 406 g/mol. The highest BCUT2D eigenvalue weighted by Gasteiger charge is 2.28. The fourth-order valence-corrected chi connectivity index (χ4v) is 4.27. The van der Waals surface area contributed by atoms with E-state index < -0.39 is 0 Å². The second-order valence-electron chi connectivity index (χ2n) is 8.21. The molecular formula is C25H27N3O4. The number of para-hydroxylation sites is 3. The Balaban J connectivity index is 1.21. The van der Waals surface area contributed by atoms with Crippen LogP contribution in [0.4, 0.5) is 6.01 Å². The molecule has 0 bridgehead atoms. The third kappa shape index (κ3) is 3.90. The number of ether oxygens (including phenoxy) is 1. The highest BCUT2D eigenvalue weighted by Crippen LogP contribution is 2.32. The van der Waals surface area contributed by atoms with Crippen LogP contribution in [0.2, 0.25) is 0 Å². The molecule has 2 aromatic heterocycles. The number of nitrogens with one attached hydrogen (secondary N) is 1. The summed E-state index contributed by atoms with van der Waals surface area (Å²) in [6.07, 6.45) is 1.51. The summed E-state index contributed by atoms with van der Waals surface area (Å²) in [6, 6.07) is 16.0. The van der Waals surface area contributed by atoms with E-state index in [1.54, 1.807) is 0 Å². The minimum absolute atomic E-state index is 0.0403. The summed E-state index contributed by atoms with van der Waals surface area (Å²) >= 11 is 0. The average molecular weight is 434 g/mol. The van der Waals surface area contributed by atoms with Gasteiger partial charge in [-0.25, -0.2) is 0 Å². The van der Waals surface area contributed by atoms with Crippen molar-refractivity contribution in [1.82, 2.24) is 10.3 Å². The summed E-state index contributed by atoms with van der Waals surface area (Å²) in [5.41, 5.74) is 2.36. The predicted molar refractivity (Wildman–Crippen MR) is 123 cm³/mol.